The van der Waals surface area contributed by atoms with Gasteiger partial charge < -0.3 is 10.1 Å². The summed E-state index contributed by atoms with van der Waals surface area (Å²) in [5, 5.41) is 14.2. The molecule has 0 radical (unpaired) electrons. The molecule has 0 amide bonds. The first kappa shape index (κ1) is 15.7. The number of ether oxygens (including phenoxy) is 1. The van der Waals surface area contributed by atoms with E-state index in [9.17, 15) is 18.5 Å². The first-order valence-electron chi connectivity index (χ1n) is 6.50. The predicted octanol–water partition coefficient (Wildman–Crippen LogP) is 0.587. The lowest BCUT2D eigenvalue weighted by atomic mass is 10.3. The fraction of sp³-hybridized carbons (Fsp3) is 0.500. The number of hydrogen-bond donors (Lipinski definition) is 1. The number of benzene rings is 1. The van der Waals surface area contributed by atoms with Crippen LogP contribution in [0, 0.1) is 10.1 Å². The molecular formula is C12H17N3O5S. The molecule has 2 rings (SSSR count). The van der Waals surface area contributed by atoms with Crippen molar-refractivity contribution in [3.05, 3.63) is 28.3 Å². The predicted molar refractivity (Wildman–Crippen MR) is 75.9 cm³/mol. The Hall–Kier alpha value is -1.71. The van der Waals surface area contributed by atoms with Crippen molar-refractivity contribution in [1.82, 2.24) is 9.62 Å². The molecule has 0 aliphatic carbocycles. The van der Waals surface area contributed by atoms with E-state index >= 15 is 0 Å². The summed E-state index contributed by atoms with van der Waals surface area (Å²) in [7, 11) is -2.52. The summed E-state index contributed by atoms with van der Waals surface area (Å²) < 4.78 is 31.4. The Bertz CT molecular complexity index is 624. The molecule has 9 heteroatoms. The summed E-state index contributed by atoms with van der Waals surface area (Å²) in [6.45, 7) is 1.91. The number of nitro benzene ring substituents is 1. The van der Waals surface area contributed by atoms with Crippen molar-refractivity contribution in [2.24, 2.45) is 0 Å². The summed E-state index contributed by atoms with van der Waals surface area (Å²) >= 11 is 0. The van der Waals surface area contributed by atoms with Gasteiger partial charge in [0.15, 0.2) is 4.90 Å². The molecular weight excluding hydrogens is 298 g/mol. The molecule has 0 spiro atoms. The number of nitrogens with zero attached hydrogens (tertiary/aromatic N) is 2. The lowest BCUT2D eigenvalue weighted by molar-refractivity contribution is -0.387. The second kappa shape index (κ2) is 6.37. The van der Waals surface area contributed by atoms with E-state index in [4.69, 9.17) is 4.74 Å². The summed E-state index contributed by atoms with van der Waals surface area (Å²) in [6.07, 6.45) is 0.670. The van der Waals surface area contributed by atoms with Crippen LogP contribution >= 0.6 is 0 Å². The summed E-state index contributed by atoms with van der Waals surface area (Å²) in [5.74, 6) is 0.248. The number of nitrogens with one attached hydrogen (secondary N) is 1. The monoisotopic (exact) mass is 315 g/mol. The Labute approximate surface area is 122 Å². The highest BCUT2D eigenvalue weighted by atomic mass is 32.2. The van der Waals surface area contributed by atoms with Crippen LogP contribution in [0.3, 0.4) is 0 Å². The maximum absolute atomic E-state index is 12.6. The average molecular weight is 315 g/mol. The van der Waals surface area contributed by atoms with Crippen LogP contribution in [0.25, 0.3) is 0 Å². The zero-order valence-electron chi connectivity index (χ0n) is 11.6. The Morgan fingerprint density at radius 3 is 2.76 bits per heavy atom. The zero-order valence-corrected chi connectivity index (χ0v) is 12.4. The number of nitro groups is 1. The van der Waals surface area contributed by atoms with Crippen molar-refractivity contribution >= 4 is 15.7 Å². The van der Waals surface area contributed by atoms with Crippen LogP contribution in [0.5, 0.6) is 5.75 Å². The number of rotatable bonds is 4. The maximum Gasteiger partial charge on any atom is 0.293 e. The van der Waals surface area contributed by atoms with E-state index in [0.29, 0.717) is 26.1 Å². The van der Waals surface area contributed by atoms with Crippen LogP contribution in [0.4, 0.5) is 5.69 Å². The van der Waals surface area contributed by atoms with E-state index in [0.717, 1.165) is 12.6 Å². The average Bonchev–Trinajstić information content (AvgIpc) is 2.76. The van der Waals surface area contributed by atoms with Gasteiger partial charge in [0.25, 0.3) is 5.69 Å². The highest BCUT2D eigenvalue weighted by molar-refractivity contribution is 7.89. The SMILES string of the molecule is COc1ccc(S(=O)(=O)N2CCCNCC2)c([N+](=O)[O-])c1. The fourth-order valence-electron chi connectivity index (χ4n) is 2.19. The third kappa shape index (κ3) is 3.31. The molecule has 0 saturated carbocycles. The summed E-state index contributed by atoms with van der Waals surface area (Å²) in [4.78, 5) is 10.1. The van der Waals surface area contributed by atoms with Crippen LogP contribution < -0.4 is 10.1 Å². The minimum Gasteiger partial charge on any atom is -0.497 e. The molecule has 1 fully saturated rings. The van der Waals surface area contributed by atoms with Crippen molar-refractivity contribution in [1.29, 1.82) is 0 Å². The van der Waals surface area contributed by atoms with Crippen molar-refractivity contribution in [3.8, 4) is 5.75 Å². The Morgan fingerprint density at radius 1 is 1.33 bits per heavy atom. The third-order valence-electron chi connectivity index (χ3n) is 3.28. The smallest absolute Gasteiger partial charge is 0.293 e. The molecule has 0 aromatic heterocycles. The van der Waals surface area contributed by atoms with Crippen LogP contribution in [-0.2, 0) is 10.0 Å². The van der Waals surface area contributed by atoms with Gasteiger partial charge >= 0.3 is 0 Å². The molecule has 1 heterocycles. The van der Waals surface area contributed by atoms with Gasteiger partial charge in [-0.1, -0.05) is 0 Å². The van der Waals surface area contributed by atoms with E-state index in [-0.39, 0.29) is 10.6 Å². The van der Waals surface area contributed by atoms with Gasteiger partial charge in [0.2, 0.25) is 10.0 Å². The fourth-order valence-corrected chi connectivity index (χ4v) is 3.80. The molecule has 1 aromatic carbocycles. The molecule has 1 aliphatic heterocycles. The number of sulfonamides is 1. The Morgan fingerprint density at radius 2 is 2.10 bits per heavy atom. The summed E-state index contributed by atoms with van der Waals surface area (Å²) in [5.41, 5.74) is -0.466. The Kier molecular flexibility index (Phi) is 4.76. The second-order valence-corrected chi connectivity index (χ2v) is 6.50. The maximum atomic E-state index is 12.6. The largest absolute Gasteiger partial charge is 0.497 e. The van der Waals surface area contributed by atoms with Crippen LogP contribution in [0.2, 0.25) is 0 Å². The first-order chi connectivity index (χ1) is 9.96. The van der Waals surface area contributed by atoms with Gasteiger partial charge in [-0.3, -0.25) is 10.1 Å². The van der Waals surface area contributed by atoms with E-state index in [1.165, 1.54) is 23.5 Å². The molecule has 1 aliphatic rings. The minimum absolute atomic E-state index is 0.248. The van der Waals surface area contributed by atoms with E-state index in [2.05, 4.69) is 5.32 Å². The Balaban J connectivity index is 2.45. The van der Waals surface area contributed by atoms with Gasteiger partial charge in [-0.25, -0.2) is 8.42 Å². The highest BCUT2D eigenvalue weighted by Gasteiger charge is 2.32. The third-order valence-corrected chi connectivity index (χ3v) is 5.23. The van der Waals surface area contributed by atoms with Gasteiger partial charge in [0.05, 0.1) is 18.1 Å². The van der Waals surface area contributed by atoms with Crippen molar-refractivity contribution in [2.45, 2.75) is 11.3 Å². The van der Waals surface area contributed by atoms with Crippen LogP contribution in [-0.4, -0.2) is 50.9 Å². The molecule has 116 valence electrons. The first-order valence-corrected chi connectivity index (χ1v) is 7.94. The number of hydrogen-bond acceptors (Lipinski definition) is 6. The molecule has 0 unspecified atom stereocenters. The molecule has 0 bridgehead atoms. The standard InChI is InChI=1S/C12H17N3O5S/c1-20-10-3-4-12(11(9-10)15(16)17)21(18,19)14-7-2-5-13-6-8-14/h3-4,9,13H,2,5-8H2,1H3. The lowest BCUT2D eigenvalue weighted by Gasteiger charge is -2.19. The molecule has 1 aromatic rings. The van der Waals surface area contributed by atoms with E-state index in [1.54, 1.807) is 0 Å². The molecule has 0 atom stereocenters. The van der Waals surface area contributed by atoms with Gasteiger partial charge in [-0.15, -0.1) is 0 Å². The second-order valence-electron chi connectivity index (χ2n) is 4.60. The molecule has 21 heavy (non-hydrogen) atoms. The van der Waals surface area contributed by atoms with E-state index < -0.39 is 20.6 Å². The van der Waals surface area contributed by atoms with Crippen LogP contribution in [0.15, 0.2) is 23.1 Å². The van der Waals surface area contributed by atoms with Gasteiger partial charge in [0.1, 0.15) is 5.75 Å². The molecule has 8 nitrogen and oxygen atoms in total. The normalized spacial score (nSPS) is 17.2. The quantitative estimate of drug-likeness (QED) is 0.644. The lowest BCUT2D eigenvalue weighted by Crippen LogP contribution is -2.34. The van der Waals surface area contributed by atoms with Gasteiger partial charge in [0, 0.05) is 19.6 Å². The molecule has 1 saturated heterocycles. The topological polar surface area (TPSA) is 102 Å². The highest BCUT2D eigenvalue weighted by Crippen LogP contribution is 2.30. The molecule has 1 N–H and O–H groups in total. The zero-order chi connectivity index (χ0) is 15.5. The van der Waals surface area contributed by atoms with Gasteiger partial charge in [-0.05, 0) is 25.1 Å². The van der Waals surface area contributed by atoms with Crippen molar-refractivity contribution < 1.29 is 18.1 Å². The van der Waals surface area contributed by atoms with Gasteiger partial charge in [-0.2, -0.15) is 4.31 Å². The van der Waals surface area contributed by atoms with Crippen molar-refractivity contribution in [3.63, 3.8) is 0 Å². The van der Waals surface area contributed by atoms with Crippen LogP contribution in [0.1, 0.15) is 6.42 Å². The summed E-state index contributed by atoms with van der Waals surface area (Å²) in [6, 6.07) is 3.77. The van der Waals surface area contributed by atoms with E-state index in [1.807, 2.05) is 0 Å². The number of methoxy groups -OCH3 is 1. The van der Waals surface area contributed by atoms with Crippen molar-refractivity contribution in [2.75, 3.05) is 33.3 Å². The minimum atomic E-state index is -3.89.